The highest BCUT2D eigenvalue weighted by molar-refractivity contribution is 9.09. The van der Waals surface area contributed by atoms with Gasteiger partial charge in [-0.05, 0) is 12.1 Å². The Morgan fingerprint density at radius 2 is 1.93 bits per heavy atom. The molecule has 1 rings (SSSR count). The normalized spacial score (nSPS) is 9.57. The summed E-state index contributed by atoms with van der Waals surface area (Å²) in [4.78, 5) is 11.0. The zero-order chi connectivity index (χ0) is 10.7. The predicted octanol–water partition coefficient (Wildman–Crippen LogP) is 2.41. The molecule has 0 atom stereocenters. The first-order valence-electron chi connectivity index (χ1n) is 3.58. The smallest absolute Gasteiger partial charge is 0.179 e. The van der Waals surface area contributed by atoms with Crippen LogP contribution < -0.4 is 0 Å². The number of hydrogen-bond acceptors (Lipinski definition) is 2. The summed E-state index contributed by atoms with van der Waals surface area (Å²) in [5.41, 5.74) is -0.757. The van der Waals surface area contributed by atoms with Crippen molar-refractivity contribution in [2.75, 3.05) is 5.33 Å². The highest BCUT2D eigenvalue weighted by atomic mass is 79.9. The van der Waals surface area contributed by atoms with Crippen molar-refractivity contribution in [2.45, 2.75) is 0 Å². The highest BCUT2D eigenvalue weighted by Gasteiger charge is 2.17. The number of carbonyl (C=O) groups is 1. The van der Waals surface area contributed by atoms with Crippen LogP contribution in [0.5, 0.6) is 0 Å². The lowest BCUT2D eigenvalue weighted by Crippen LogP contribution is -2.07. The minimum atomic E-state index is -1.01. The molecule has 0 unspecified atom stereocenters. The molecular formula is C9H4BrF2NO. The van der Waals surface area contributed by atoms with E-state index in [2.05, 4.69) is 15.9 Å². The number of alkyl halides is 1. The summed E-state index contributed by atoms with van der Waals surface area (Å²) in [6.45, 7) is 0. The van der Waals surface area contributed by atoms with Gasteiger partial charge in [0.05, 0.1) is 22.5 Å². The van der Waals surface area contributed by atoms with E-state index in [1.165, 1.54) is 0 Å². The third kappa shape index (κ3) is 1.96. The van der Waals surface area contributed by atoms with Crippen molar-refractivity contribution in [3.8, 4) is 6.07 Å². The van der Waals surface area contributed by atoms with Gasteiger partial charge >= 0.3 is 0 Å². The molecule has 2 nitrogen and oxygen atoms in total. The predicted molar refractivity (Wildman–Crippen MR) is 49.2 cm³/mol. The van der Waals surface area contributed by atoms with Crippen LogP contribution in [-0.4, -0.2) is 11.1 Å². The fraction of sp³-hybridized carbons (Fsp3) is 0.111. The van der Waals surface area contributed by atoms with Crippen molar-refractivity contribution in [3.05, 3.63) is 34.9 Å². The molecule has 1 aromatic carbocycles. The Morgan fingerprint density at radius 1 is 1.43 bits per heavy atom. The van der Waals surface area contributed by atoms with Crippen molar-refractivity contribution < 1.29 is 13.6 Å². The summed E-state index contributed by atoms with van der Waals surface area (Å²) in [6.07, 6.45) is 0. The van der Waals surface area contributed by atoms with E-state index in [9.17, 15) is 13.6 Å². The van der Waals surface area contributed by atoms with Crippen molar-refractivity contribution >= 4 is 21.7 Å². The second kappa shape index (κ2) is 4.29. The number of ketones is 1. The van der Waals surface area contributed by atoms with Crippen LogP contribution >= 0.6 is 15.9 Å². The molecule has 0 amide bonds. The maximum atomic E-state index is 13.1. The minimum absolute atomic E-state index is 0.147. The Morgan fingerprint density at radius 3 is 2.29 bits per heavy atom. The SMILES string of the molecule is N#Cc1cc(F)c(C(=O)CBr)c(F)c1. The lowest BCUT2D eigenvalue weighted by atomic mass is 10.1. The maximum Gasteiger partial charge on any atom is 0.179 e. The van der Waals surface area contributed by atoms with Gasteiger partial charge in [-0.15, -0.1) is 0 Å². The van der Waals surface area contributed by atoms with Crippen molar-refractivity contribution in [3.63, 3.8) is 0 Å². The van der Waals surface area contributed by atoms with Crippen LogP contribution in [0.2, 0.25) is 0 Å². The lowest BCUT2D eigenvalue weighted by molar-refractivity contribution is 0.101. The first-order chi connectivity index (χ1) is 6.60. The molecule has 0 saturated carbocycles. The summed E-state index contributed by atoms with van der Waals surface area (Å²) in [5, 5.41) is 8.24. The van der Waals surface area contributed by atoms with Gasteiger partial charge < -0.3 is 0 Å². The van der Waals surface area contributed by atoms with Crippen molar-refractivity contribution in [2.24, 2.45) is 0 Å². The molecule has 0 heterocycles. The molecule has 0 fully saturated rings. The van der Waals surface area contributed by atoms with Crippen LogP contribution in [0.3, 0.4) is 0 Å². The van der Waals surface area contributed by atoms with Gasteiger partial charge in [-0.3, -0.25) is 4.79 Å². The molecule has 0 aliphatic heterocycles. The molecule has 14 heavy (non-hydrogen) atoms. The number of nitrogens with zero attached hydrogens (tertiary/aromatic N) is 1. The third-order valence-electron chi connectivity index (χ3n) is 1.57. The lowest BCUT2D eigenvalue weighted by Gasteiger charge is -2.01. The van der Waals surface area contributed by atoms with E-state index in [1.54, 1.807) is 6.07 Å². The molecule has 0 aromatic heterocycles. The average Bonchev–Trinajstić information content (AvgIpc) is 2.16. The van der Waals surface area contributed by atoms with Gasteiger partial charge in [-0.1, -0.05) is 15.9 Å². The molecule has 0 bridgehead atoms. The van der Waals surface area contributed by atoms with Crippen LogP contribution in [0.4, 0.5) is 8.78 Å². The Balaban J connectivity index is 3.34. The Hall–Kier alpha value is -1.28. The summed E-state index contributed by atoms with van der Waals surface area (Å²) < 4.78 is 26.2. The number of halogens is 3. The number of hydrogen-bond donors (Lipinski definition) is 0. The topological polar surface area (TPSA) is 40.9 Å². The van der Waals surface area contributed by atoms with E-state index >= 15 is 0 Å². The largest absolute Gasteiger partial charge is 0.293 e. The highest BCUT2D eigenvalue weighted by Crippen LogP contribution is 2.16. The molecule has 0 aliphatic rings. The number of rotatable bonds is 2. The van der Waals surface area contributed by atoms with Crippen LogP contribution in [0, 0.1) is 23.0 Å². The average molecular weight is 260 g/mol. The third-order valence-corrected chi connectivity index (χ3v) is 2.08. The van der Waals surface area contributed by atoms with Crippen LogP contribution in [0.25, 0.3) is 0 Å². The summed E-state index contributed by atoms with van der Waals surface area (Å²) in [6, 6.07) is 3.25. The van der Waals surface area contributed by atoms with Crippen LogP contribution in [0.15, 0.2) is 12.1 Å². The van der Waals surface area contributed by atoms with E-state index in [-0.39, 0.29) is 10.9 Å². The standard InChI is InChI=1S/C9H4BrF2NO/c10-3-8(14)9-6(11)1-5(4-13)2-7(9)12/h1-2H,3H2. The molecule has 0 spiro atoms. The quantitative estimate of drug-likeness (QED) is 0.605. The number of Topliss-reactive ketones (excluding diaryl/α,β-unsaturated/α-hetero) is 1. The van der Waals surface area contributed by atoms with Gasteiger partial charge in [-0.2, -0.15) is 5.26 Å². The zero-order valence-corrected chi connectivity index (χ0v) is 8.44. The van der Waals surface area contributed by atoms with E-state index in [4.69, 9.17) is 5.26 Å². The fourth-order valence-corrected chi connectivity index (χ4v) is 1.25. The molecule has 0 saturated heterocycles. The van der Waals surface area contributed by atoms with Crippen molar-refractivity contribution in [1.29, 1.82) is 5.26 Å². The number of benzene rings is 1. The maximum absolute atomic E-state index is 13.1. The van der Waals surface area contributed by atoms with Gasteiger partial charge in [0, 0.05) is 0 Å². The second-order valence-corrected chi connectivity index (χ2v) is 3.04. The molecule has 1 aromatic rings. The second-order valence-electron chi connectivity index (χ2n) is 2.48. The summed E-state index contributed by atoms with van der Waals surface area (Å²) >= 11 is 2.81. The van der Waals surface area contributed by atoms with Gasteiger partial charge in [0.2, 0.25) is 0 Å². The molecule has 0 N–H and O–H groups in total. The molecule has 0 aliphatic carbocycles. The van der Waals surface area contributed by atoms with Gasteiger partial charge in [-0.25, -0.2) is 8.78 Å². The van der Waals surface area contributed by atoms with Crippen LogP contribution in [-0.2, 0) is 0 Å². The van der Waals surface area contributed by atoms with Crippen LogP contribution in [0.1, 0.15) is 15.9 Å². The molecule has 5 heteroatoms. The number of nitriles is 1. The number of carbonyl (C=O) groups excluding carboxylic acids is 1. The monoisotopic (exact) mass is 259 g/mol. The minimum Gasteiger partial charge on any atom is -0.293 e. The van der Waals surface area contributed by atoms with Gasteiger partial charge in [0.1, 0.15) is 11.6 Å². The first kappa shape index (κ1) is 10.8. The van der Waals surface area contributed by atoms with Crippen molar-refractivity contribution in [1.82, 2.24) is 0 Å². The summed E-state index contributed by atoms with van der Waals surface area (Å²) in [7, 11) is 0. The summed E-state index contributed by atoms with van der Waals surface area (Å²) in [5.74, 6) is -2.71. The van der Waals surface area contributed by atoms with Gasteiger partial charge in [0.15, 0.2) is 5.78 Å². The molecule has 72 valence electrons. The fourth-order valence-electron chi connectivity index (χ4n) is 0.971. The van der Waals surface area contributed by atoms with Gasteiger partial charge in [0.25, 0.3) is 0 Å². The Bertz CT molecular complexity index is 402. The Labute approximate surface area is 87.3 Å². The zero-order valence-electron chi connectivity index (χ0n) is 6.85. The molecule has 0 radical (unpaired) electrons. The molecular weight excluding hydrogens is 256 g/mol. The first-order valence-corrected chi connectivity index (χ1v) is 4.70. The van der Waals surface area contributed by atoms with E-state index < -0.39 is 23.0 Å². The Kier molecular flexibility index (Phi) is 3.31. The van der Waals surface area contributed by atoms with E-state index in [0.717, 1.165) is 12.1 Å². The van der Waals surface area contributed by atoms with E-state index in [1.807, 2.05) is 0 Å². The van der Waals surface area contributed by atoms with E-state index in [0.29, 0.717) is 0 Å².